The van der Waals surface area contributed by atoms with Gasteiger partial charge < -0.3 is 15.3 Å². The Bertz CT molecular complexity index is 245. The predicted octanol–water partition coefficient (Wildman–Crippen LogP) is 4.67. The Balaban J connectivity index is 0. The van der Waals surface area contributed by atoms with Crippen LogP contribution >= 0.6 is 0 Å². The van der Waals surface area contributed by atoms with Crippen molar-refractivity contribution in [3.63, 3.8) is 0 Å². The van der Waals surface area contributed by atoms with Gasteiger partial charge in [0.15, 0.2) is 0 Å². The van der Waals surface area contributed by atoms with E-state index < -0.39 is 0 Å². The van der Waals surface area contributed by atoms with Crippen molar-refractivity contribution in [1.82, 2.24) is 0 Å². The van der Waals surface area contributed by atoms with Crippen molar-refractivity contribution in [2.75, 3.05) is 13.2 Å². The normalized spacial score (nSPS) is 11.4. The molecule has 3 nitrogen and oxygen atoms in total. The topological polar surface area (TPSA) is 60.7 Å². The summed E-state index contributed by atoms with van der Waals surface area (Å²) < 4.78 is 0. The first-order valence-corrected chi connectivity index (χ1v) is 8.14. The maximum absolute atomic E-state index is 8.51. The summed E-state index contributed by atoms with van der Waals surface area (Å²) in [5, 5.41) is 25.1. The van der Waals surface area contributed by atoms with E-state index in [0.29, 0.717) is 0 Å². The zero-order valence-electron chi connectivity index (χ0n) is 13.6. The largest absolute Gasteiger partial charge is 0.516 e. The molecule has 0 bridgehead atoms. The fourth-order valence-electron chi connectivity index (χ4n) is 1.62. The third-order valence-corrected chi connectivity index (χ3v) is 2.76. The van der Waals surface area contributed by atoms with Crippen LogP contribution in [-0.4, -0.2) is 28.5 Å². The number of allylic oxidation sites excluding steroid dienone is 3. The maximum Gasteiger partial charge on any atom is 0.0751 e. The fraction of sp³-hybridized carbons (Fsp3) is 0.667. The first kappa shape index (κ1) is 22.2. The van der Waals surface area contributed by atoms with Crippen molar-refractivity contribution < 1.29 is 15.3 Å². The van der Waals surface area contributed by atoms with Crippen LogP contribution in [0.3, 0.4) is 0 Å². The molecule has 0 amide bonds. The number of aliphatic hydroxyl groups is 3. The van der Waals surface area contributed by atoms with Gasteiger partial charge in [0.2, 0.25) is 0 Å². The van der Waals surface area contributed by atoms with Crippen LogP contribution in [0.1, 0.15) is 64.7 Å². The molecule has 0 saturated carbocycles. The van der Waals surface area contributed by atoms with Crippen LogP contribution in [0, 0.1) is 0 Å². The number of rotatable bonds is 12. The molecule has 0 aromatic rings. The lowest BCUT2D eigenvalue weighted by Crippen LogP contribution is -1.78. The molecule has 0 heterocycles. The van der Waals surface area contributed by atoms with E-state index in [-0.39, 0.29) is 13.2 Å². The molecule has 0 rings (SSSR count). The van der Waals surface area contributed by atoms with Gasteiger partial charge in [-0.3, -0.25) is 0 Å². The van der Waals surface area contributed by atoms with E-state index in [1.165, 1.54) is 19.3 Å². The highest BCUT2D eigenvalue weighted by atomic mass is 16.3. The molecule has 0 aliphatic carbocycles. The second-order valence-electron chi connectivity index (χ2n) is 4.75. The van der Waals surface area contributed by atoms with Gasteiger partial charge in [-0.05, 0) is 44.9 Å². The van der Waals surface area contributed by atoms with Crippen LogP contribution < -0.4 is 0 Å². The Labute approximate surface area is 130 Å². The lowest BCUT2D eigenvalue weighted by Gasteiger charge is -1.96. The van der Waals surface area contributed by atoms with Gasteiger partial charge in [0.1, 0.15) is 0 Å². The third-order valence-electron chi connectivity index (χ3n) is 2.76. The van der Waals surface area contributed by atoms with E-state index in [4.69, 9.17) is 15.3 Å². The molecular weight excluding hydrogens is 264 g/mol. The zero-order valence-corrected chi connectivity index (χ0v) is 13.6. The Kier molecular flexibility index (Phi) is 25.4. The summed E-state index contributed by atoms with van der Waals surface area (Å²) in [6.07, 6.45) is 20.8. The predicted molar refractivity (Wildman–Crippen MR) is 91.4 cm³/mol. The molecule has 0 aromatic heterocycles. The van der Waals surface area contributed by atoms with E-state index in [0.717, 1.165) is 44.8 Å². The van der Waals surface area contributed by atoms with Crippen LogP contribution in [0.5, 0.6) is 0 Å². The lowest BCUT2D eigenvalue weighted by molar-refractivity contribution is 0.302. The van der Waals surface area contributed by atoms with E-state index >= 15 is 0 Å². The molecule has 124 valence electrons. The van der Waals surface area contributed by atoms with Crippen molar-refractivity contribution in [1.29, 1.82) is 0 Å². The zero-order chi connectivity index (χ0) is 16.0. The summed E-state index contributed by atoms with van der Waals surface area (Å²) >= 11 is 0. The van der Waals surface area contributed by atoms with E-state index in [2.05, 4.69) is 19.1 Å². The van der Waals surface area contributed by atoms with E-state index in [1.807, 2.05) is 12.2 Å². The van der Waals surface area contributed by atoms with Gasteiger partial charge >= 0.3 is 0 Å². The summed E-state index contributed by atoms with van der Waals surface area (Å²) in [6.45, 7) is 2.61. The second-order valence-corrected chi connectivity index (χ2v) is 4.75. The van der Waals surface area contributed by atoms with Crippen LogP contribution in [-0.2, 0) is 0 Å². The van der Waals surface area contributed by atoms with Gasteiger partial charge in [-0.15, -0.1) is 0 Å². The Morgan fingerprint density at radius 1 is 0.619 bits per heavy atom. The SMILES string of the molecule is CCC=CCCO.O/C=C\CCCCCC/C=C/CCO. The average molecular weight is 298 g/mol. The Morgan fingerprint density at radius 2 is 1.10 bits per heavy atom. The second kappa shape index (κ2) is 24.0. The first-order chi connectivity index (χ1) is 10.3. The molecule has 0 aromatic carbocycles. The summed E-state index contributed by atoms with van der Waals surface area (Å²) in [6, 6.07) is 0. The Morgan fingerprint density at radius 3 is 1.57 bits per heavy atom. The number of hydrogen-bond donors (Lipinski definition) is 3. The number of aliphatic hydroxyl groups excluding tert-OH is 3. The van der Waals surface area contributed by atoms with Crippen molar-refractivity contribution in [3.05, 3.63) is 36.6 Å². The summed E-state index contributed by atoms with van der Waals surface area (Å²) in [5.41, 5.74) is 0. The summed E-state index contributed by atoms with van der Waals surface area (Å²) in [5.74, 6) is 0. The minimum atomic E-state index is 0.254. The maximum atomic E-state index is 8.51. The first-order valence-electron chi connectivity index (χ1n) is 8.14. The van der Waals surface area contributed by atoms with Gasteiger partial charge in [-0.25, -0.2) is 0 Å². The molecule has 21 heavy (non-hydrogen) atoms. The minimum Gasteiger partial charge on any atom is -0.516 e. The molecule has 3 heteroatoms. The monoisotopic (exact) mass is 298 g/mol. The highest BCUT2D eigenvalue weighted by molar-refractivity contribution is 4.81. The van der Waals surface area contributed by atoms with Crippen molar-refractivity contribution in [3.8, 4) is 0 Å². The van der Waals surface area contributed by atoms with E-state index in [1.54, 1.807) is 6.08 Å². The van der Waals surface area contributed by atoms with E-state index in [9.17, 15) is 0 Å². The average Bonchev–Trinajstić information content (AvgIpc) is 2.50. The molecule has 0 atom stereocenters. The molecule has 0 aliphatic rings. The standard InChI is InChI=1S/C12H22O2.C6H12O/c13-11-9-7-5-3-1-2-4-6-8-10-12-14;1-2-3-4-5-6-7/h5,7,10,12-14H,1-4,6,8-9,11H2;3-4,7H,2,5-6H2,1H3/b7-5+,12-10-;. The van der Waals surface area contributed by atoms with Gasteiger partial charge in [-0.2, -0.15) is 0 Å². The van der Waals surface area contributed by atoms with Gasteiger partial charge in [-0.1, -0.05) is 50.1 Å². The summed E-state index contributed by atoms with van der Waals surface area (Å²) in [7, 11) is 0. The smallest absolute Gasteiger partial charge is 0.0751 e. The third kappa shape index (κ3) is 28.0. The highest BCUT2D eigenvalue weighted by Gasteiger charge is 1.87. The molecule has 0 saturated heterocycles. The number of unbranched alkanes of at least 4 members (excludes halogenated alkanes) is 5. The fourth-order valence-corrected chi connectivity index (χ4v) is 1.62. The minimum absolute atomic E-state index is 0.254. The molecule has 0 aliphatic heterocycles. The quantitative estimate of drug-likeness (QED) is 0.279. The van der Waals surface area contributed by atoms with Gasteiger partial charge in [0.25, 0.3) is 0 Å². The number of hydrogen-bond acceptors (Lipinski definition) is 3. The molecule has 0 spiro atoms. The van der Waals surface area contributed by atoms with Crippen molar-refractivity contribution >= 4 is 0 Å². The molecular formula is C18H34O3. The van der Waals surface area contributed by atoms with Crippen LogP contribution in [0.4, 0.5) is 0 Å². The summed E-state index contributed by atoms with van der Waals surface area (Å²) in [4.78, 5) is 0. The lowest BCUT2D eigenvalue weighted by atomic mass is 10.1. The molecule has 0 radical (unpaired) electrons. The highest BCUT2D eigenvalue weighted by Crippen LogP contribution is 2.06. The van der Waals surface area contributed by atoms with Crippen LogP contribution in [0.15, 0.2) is 36.6 Å². The molecule has 0 unspecified atom stereocenters. The van der Waals surface area contributed by atoms with Crippen molar-refractivity contribution in [2.45, 2.75) is 64.7 Å². The van der Waals surface area contributed by atoms with Gasteiger partial charge in [0.05, 0.1) is 6.26 Å². The van der Waals surface area contributed by atoms with Gasteiger partial charge in [0, 0.05) is 13.2 Å². The van der Waals surface area contributed by atoms with Crippen LogP contribution in [0.2, 0.25) is 0 Å². The Hall–Kier alpha value is -1.06. The van der Waals surface area contributed by atoms with Crippen molar-refractivity contribution in [2.24, 2.45) is 0 Å². The molecule has 0 fully saturated rings. The molecule has 3 N–H and O–H groups in total. The van der Waals surface area contributed by atoms with Crippen LogP contribution in [0.25, 0.3) is 0 Å².